The monoisotopic (exact) mass is 380 g/mol. The summed E-state index contributed by atoms with van der Waals surface area (Å²) < 4.78 is 7.03. The first-order valence-electron chi connectivity index (χ1n) is 9.58. The topological polar surface area (TPSA) is 80.4 Å². The van der Waals surface area contributed by atoms with E-state index in [0.29, 0.717) is 44.1 Å². The maximum atomic E-state index is 12.8. The summed E-state index contributed by atoms with van der Waals surface area (Å²) >= 11 is 0. The second kappa shape index (κ2) is 7.50. The van der Waals surface area contributed by atoms with Crippen molar-refractivity contribution in [2.24, 2.45) is 5.92 Å². The number of nitrogens with one attached hydrogen (secondary N) is 1. The van der Waals surface area contributed by atoms with Gasteiger partial charge in [0.2, 0.25) is 11.8 Å². The summed E-state index contributed by atoms with van der Waals surface area (Å²) in [6.07, 6.45) is 1.31. The molecule has 146 valence electrons. The number of likely N-dealkylation sites (tertiary alicyclic amines) is 1. The van der Waals surface area contributed by atoms with Gasteiger partial charge in [0, 0.05) is 36.3 Å². The number of amides is 2. The minimum absolute atomic E-state index is 0.0624. The minimum Gasteiger partial charge on any atom is -0.360 e. The normalized spacial score (nSPS) is 15.1. The standard InChI is InChI=1S/C21H24N4O3/c1-14-11-17-5-3-4-6-18(17)25(14)13-20(26)24-9-7-16(8-10-24)21(27)22-19-12-15(2)28-23-19/h3-6,11-12,16H,7-10,13H2,1-2H3,(H,22,23,27). The third-order valence-electron chi connectivity index (χ3n) is 5.41. The van der Waals surface area contributed by atoms with Crippen molar-refractivity contribution in [2.45, 2.75) is 33.2 Å². The minimum atomic E-state index is -0.116. The Morgan fingerprint density at radius 1 is 1.18 bits per heavy atom. The fourth-order valence-corrected chi connectivity index (χ4v) is 3.84. The number of hydrogen-bond donors (Lipinski definition) is 1. The summed E-state index contributed by atoms with van der Waals surface area (Å²) in [6.45, 7) is 5.31. The molecular formula is C21H24N4O3. The lowest BCUT2D eigenvalue weighted by Gasteiger charge is -2.31. The Morgan fingerprint density at radius 2 is 1.93 bits per heavy atom. The molecule has 1 fully saturated rings. The molecule has 2 amide bonds. The average molecular weight is 380 g/mol. The molecule has 0 aliphatic carbocycles. The molecule has 0 saturated carbocycles. The van der Waals surface area contributed by atoms with Crippen LogP contribution in [0.25, 0.3) is 10.9 Å². The fourth-order valence-electron chi connectivity index (χ4n) is 3.84. The predicted octanol–water partition coefficient (Wildman–Crippen LogP) is 3.12. The van der Waals surface area contributed by atoms with Gasteiger partial charge in [0.15, 0.2) is 5.82 Å². The van der Waals surface area contributed by atoms with Crippen LogP contribution in [0.4, 0.5) is 5.82 Å². The molecule has 0 bridgehead atoms. The van der Waals surface area contributed by atoms with Gasteiger partial charge >= 0.3 is 0 Å². The van der Waals surface area contributed by atoms with E-state index < -0.39 is 0 Å². The number of aromatic nitrogens is 2. The quantitative estimate of drug-likeness (QED) is 0.754. The molecular weight excluding hydrogens is 356 g/mol. The van der Waals surface area contributed by atoms with Gasteiger partial charge in [-0.2, -0.15) is 0 Å². The lowest BCUT2D eigenvalue weighted by molar-refractivity contribution is -0.135. The molecule has 1 aliphatic heterocycles. The first kappa shape index (κ1) is 18.3. The highest BCUT2D eigenvalue weighted by molar-refractivity contribution is 5.92. The van der Waals surface area contributed by atoms with Crippen LogP contribution in [-0.4, -0.2) is 39.5 Å². The van der Waals surface area contributed by atoms with Gasteiger partial charge in [-0.1, -0.05) is 23.4 Å². The maximum Gasteiger partial charge on any atom is 0.242 e. The Balaban J connectivity index is 1.35. The van der Waals surface area contributed by atoms with E-state index in [9.17, 15) is 9.59 Å². The number of carbonyl (C=O) groups excluding carboxylic acids is 2. The SMILES string of the molecule is Cc1cc(NC(=O)C2CCN(C(=O)Cn3c(C)cc4ccccc43)CC2)no1. The molecule has 1 saturated heterocycles. The largest absolute Gasteiger partial charge is 0.360 e. The van der Waals surface area contributed by atoms with Crippen molar-refractivity contribution in [1.82, 2.24) is 14.6 Å². The number of benzene rings is 1. The number of fused-ring (bicyclic) bond motifs is 1. The number of aryl methyl sites for hydroxylation is 2. The van der Waals surface area contributed by atoms with Gasteiger partial charge in [-0.3, -0.25) is 9.59 Å². The Bertz CT molecular complexity index is 1010. The van der Waals surface area contributed by atoms with Gasteiger partial charge < -0.3 is 19.3 Å². The Morgan fingerprint density at radius 3 is 2.64 bits per heavy atom. The number of nitrogens with zero attached hydrogens (tertiary/aromatic N) is 3. The van der Waals surface area contributed by atoms with E-state index in [0.717, 1.165) is 16.6 Å². The number of para-hydroxylation sites is 1. The van der Waals surface area contributed by atoms with Gasteiger partial charge in [-0.15, -0.1) is 0 Å². The molecule has 0 radical (unpaired) electrons. The van der Waals surface area contributed by atoms with Crippen LogP contribution in [0.3, 0.4) is 0 Å². The summed E-state index contributed by atoms with van der Waals surface area (Å²) in [5.41, 5.74) is 2.15. The Hall–Kier alpha value is -3.09. The van der Waals surface area contributed by atoms with Crippen LogP contribution >= 0.6 is 0 Å². The molecule has 28 heavy (non-hydrogen) atoms. The smallest absolute Gasteiger partial charge is 0.242 e. The van der Waals surface area contributed by atoms with Gasteiger partial charge in [0.1, 0.15) is 12.3 Å². The summed E-state index contributed by atoms with van der Waals surface area (Å²) in [5.74, 6) is 1.01. The van der Waals surface area contributed by atoms with Gasteiger partial charge in [0.05, 0.1) is 0 Å². The molecule has 0 atom stereocenters. The molecule has 7 heteroatoms. The molecule has 1 aliphatic rings. The van der Waals surface area contributed by atoms with E-state index in [4.69, 9.17) is 4.52 Å². The van der Waals surface area contributed by atoms with Gasteiger partial charge in [-0.05, 0) is 44.2 Å². The third kappa shape index (κ3) is 3.65. The van der Waals surface area contributed by atoms with Crippen LogP contribution in [0.1, 0.15) is 24.3 Å². The predicted molar refractivity (Wildman–Crippen MR) is 106 cm³/mol. The Kier molecular flexibility index (Phi) is 4.90. The average Bonchev–Trinajstić information content (AvgIpc) is 3.24. The van der Waals surface area contributed by atoms with E-state index >= 15 is 0 Å². The fraction of sp³-hybridized carbons (Fsp3) is 0.381. The molecule has 4 rings (SSSR count). The summed E-state index contributed by atoms with van der Waals surface area (Å²) in [5, 5.41) is 7.73. The summed E-state index contributed by atoms with van der Waals surface area (Å²) in [4.78, 5) is 27.1. The van der Waals surface area contributed by atoms with E-state index in [1.807, 2.05) is 30.0 Å². The van der Waals surface area contributed by atoms with E-state index in [2.05, 4.69) is 27.2 Å². The molecule has 0 unspecified atom stereocenters. The summed E-state index contributed by atoms with van der Waals surface area (Å²) in [7, 11) is 0. The first-order chi connectivity index (χ1) is 13.5. The van der Waals surface area contributed by atoms with Crippen molar-refractivity contribution in [3.63, 3.8) is 0 Å². The highest BCUT2D eigenvalue weighted by atomic mass is 16.5. The van der Waals surface area contributed by atoms with Crippen molar-refractivity contribution in [1.29, 1.82) is 0 Å². The molecule has 1 aromatic carbocycles. The molecule has 3 heterocycles. The highest BCUT2D eigenvalue weighted by Crippen LogP contribution is 2.22. The van der Waals surface area contributed by atoms with Crippen molar-refractivity contribution in [3.8, 4) is 0 Å². The third-order valence-corrected chi connectivity index (χ3v) is 5.41. The first-order valence-corrected chi connectivity index (χ1v) is 9.58. The second-order valence-electron chi connectivity index (χ2n) is 7.40. The molecule has 2 aromatic heterocycles. The lowest BCUT2D eigenvalue weighted by atomic mass is 9.96. The van der Waals surface area contributed by atoms with Crippen LogP contribution in [0, 0.1) is 19.8 Å². The number of rotatable bonds is 4. The summed E-state index contributed by atoms with van der Waals surface area (Å²) in [6, 6.07) is 11.9. The van der Waals surface area contributed by atoms with E-state index in [1.54, 1.807) is 13.0 Å². The number of carbonyl (C=O) groups is 2. The van der Waals surface area contributed by atoms with E-state index in [-0.39, 0.29) is 17.7 Å². The van der Waals surface area contributed by atoms with Crippen LogP contribution < -0.4 is 5.32 Å². The molecule has 1 N–H and O–H groups in total. The Labute approximate surface area is 163 Å². The lowest BCUT2D eigenvalue weighted by Crippen LogP contribution is -2.42. The highest BCUT2D eigenvalue weighted by Gasteiger charge is 2.28. The van der Waals surface area contributed by atoms with Crippen LogP contribution in [-0.2, 0) is 16.1 Å². The zero-order valence-corrected chi connectivity index (χ0v) is 16.1. The second-order valence-corrected chi connectivity index (χ2v) is 7.40. The zero-order valence-electron chi connectivity index (χ0n) is 16.1. The van der Waals surface area contributed by atoms with E-state index in [1.165, 1.54) is 0 Å². The molecule has 3 aromatic rings. The van der Waals surface area contributed by atoms with Crippen LogP contribution in [0.2, 0.25) is 0 Å². The van der Waals surface area contributed by atoms with Crippen molar-refractivity contribution in [3.05, 3.63) is 47.9 Å². The van der Waals surface area contributed by atoms with Crippen molar-refractivity contribution in [2.75, 3.05) is 18.4 Å². The number of anilines is 1. The number of piperidine rings is 1. The molecule has 7 nitrogen and oxygen atoms in total. The maximum absolute atomic E-state index is 12.8. The van der Waals surface area contributed by atoms with Gasteiger partial charge in [0.25, 0.3) is 0 Å². The molecule has 0 spiro atoms. The zero-order chi connectivity index (χ0) is 19.7. The number of hydrogen-bond acceptors (Lipinski definition) is 4. The van der Waals surface area contributed by atoms with Crippen molar-refractivity contribution >= 4 is 28.5 Å². The van der Waals surface area contributed by atoms with Crippen LogP contribution in [0.5, 0.6) is 0 Å². The van der Waals surface area contributed by atoms with Crippen LogP contribution in [0.15, 0.2) is 40.9 Å². The van der Waals surface area contributed by atoms with Gasteiger partial charge in [-0.25, -0.2) is 0 Å². The van der Waals surface area contributed by atoms with Crippen molar-refractivity contribution < 1.29 is 14.1 Å².